The van der Waals surface area contributed by atoms with Gasteiger partial charge >= 0.3 is 0 Å². The Labute approximate surface area is 196 Å². The van der Waals surface area contributed by atoms with Crippen molar-refractivity contribution < 1.29 is 9.13 Å². The van der Waals surface area contributed by atoms with Crippen LogP contribution in [0.15, 0.2) is 89.4 Å². The van der Waals surface area contributed by atoms with Gasteiger partial charge in [0.25, 0.3) is 0 Å². The van der Waals surface area contributed by atoms with Crippen molar-refractivity contribution in [2.75, 3.05) is 0 Å². The van der Waals surface area contributed by atoms with E-state index < -0.39 is 0 Å². The second-order valence-electron chi connectivity index (χ2n) is 8.20. The lowest BCUT2D eigenvalue weighted by molar-refractivity contribution is 0.393. The second kappa shape index (κ2) is 9.30. The first-order chi connectivity index (χ1) is 15.7. The van der Waals surface area contributed by atoms with Crippen molar-refractivity contribution in [1.29, 1.82) is 0 Å². The van der Waals surface area contributed by atoms with E-state index in [0.717, 1.165) is 31.2 Å². The quantitative estimate of drug-likeness (QED) is 0.441. The summed E-state index contributed by atoms with van der Waals surface area (Å²) in [6, 6.07) is 9.83. The predicted molar refractivity (Wildman–Crippen MR) is 134 cm³/mol. The van der Waals surface area contributed by atoms with E-state index >= 15 is 0 Å². The van der Waals surface area contributed by atoms with Crippen LogP contribution < -0.4 is 10.4 Å². The van der Waals surface area contributed by atoms with Crippen LogP contribution in [0.3, 0.4) is 0 Å². The Bertz CT molecular complexity index is 1300. The van der Waals surface area contributed by atoms with Gasteiger partial charge < -0.3 is 4.74 Å². The Morgan fingerprint density at radius 3 is 2.56 bits per heavy atom. The van der Waals surface area contributed by atoms with E-state index in [0.29, 0.717) is 4.47 Å². The molecule has 3 aliphatic carbocycles. The molecule has 0 radical (unpaired) electrons. The van der Waals surface area contributed by atoms with Crippen LogP contribution in [-0.2, 0) is 11.2 Å². The number of allylic oxidation sites excluding steroid dienone is 8. The van der Waals surface area contributed by atoms with Gasteiger partial charge in [0.2, 0.25) is 0 Å². The van der Waals surface area contributed by atoms with Crippen LogP contribution in [0.2, 0.25) is 0 Å². The van der Waals surface area contributed by atoms with Crippen molar-refractivity contribution in [3.05, 3.63) is 122 Å². The molecule has 0 spiro atoms. The Hall–Kier alpha value is -2.91. The topological polar surface area (TPSA) is 9.23 Å². The molecular formula is C29H24BrFO. The molecule has 2 aromatic rings. The lowest BCUT2D eigenvalue weighted by atomic mass is 9.79. The zero-order valence-corrected chi connectivity index (χ0v) is 19.3. The third kappa shape index (κ3) is 4.22. The van der Waals surface area contributed by atoms with Crippen LogP contribution in [0.5, 0.6) is 0 Å². The van der Waals surface area contributed by atoms with E-state index in [-0.39, 0.29) is 11.7 Å². The Morgan fingerprint density at radius 2 is 1.81 bits per heavy atom. The molecule has 0 N–H and O–H groups in total. The molecule has 0 aromatic heterocycles. The average Bonchev–Trinajstić information content (AvgIpc) is 2.86. The van der Waals surface area contributed by atoms with Gasteiger partial charge in [-0.25, -0.2) is 4.39 Å². The van der Waals surface area contributed by atoms with Crippen molar-refractivity contribution in [2.24, 2.45) is 0 Å². The van der Waals surface area contributed by atoms with Crippen LogP contribution in [0.25, 0.3) is 17.7 Å². The van der Waals surface area contributed by atoms with E-state index in [4.69, 9.17) is 4.74 Å². The molecule has 0 saturated heterocycles. The van der Waals surface area contributed by atoms with Gasteiger partial charge in [0, 0.05) is 5.92 Å². The third-order valence-electron chi connectivity index (χ3n) is 6.18. The molecule has 0 saturated carbocycles. The standard InChI is InChI=1S/C24H18BrF.C5H6O/c25-23-14-18(9-12-24(23)26)17-6-5-16-8-10-20-19-4-2-1-3-15(19)7-11-21(20)22(16)13-17;1-2-4-6-5-3-1/h3-9,11-14,17H,1-2,10H2;2-5H,1H2. The van der Waals surface area contributed by atoms with Gasteiger partial charge in [-0.2, -0.15) is 0 Å². The van der Waals surface area contributed by atoms with E-state index in [1.54, 1.807) is 12.5 Å². The summed E-state index contributed by atoms with van der Waals surface area (Å²) >= 11 is 3.31. The first-order valence-corrected chi connectivity index (χ1v) is 11.8. The maximum absolute atomic E-state index is 13.6. The summed E-state index contributed by atoms with van der Waals surface area (Å²) in [5, 5.41) is 2.79. The summed E-state index contributed by atoms with van der Waals surface area (Å²) in [5.41, 5.74) is 6.51. The van der Waals surface area contributed by atoms with Gasteiger partial charge in [-0.15, -0.1) is 0 Å². The third-order valence-corrected chi connectivity index (χ3v) is 6.78. The summed E-state index contributed by atoms with van der Waals surface area (Å²) in [6.45, 7) is 0. The largest absolute Gasteiger partial charge is 0.473 e. The minimum atomic E-state index is -0.219. The highest BCUT2D eigenvalue weighted by molar-refractivity contribution is 9.10. The molecule has 160 valence electrons. The smallest absolute Gasteiger partial charge is 0.137 e. The molecule has 4 aliphatic rings. The molecule has 0 bridgehead atoms. The van der Waals surface area contributed by atoms with Gasteiger partial charge in [-0.3, -0.25) is 0 Å². The molecule has 1 atom stereocenters. The van der Waals surface area contributed by atoms with Crippen LogP contribution in [0, 0.1) is 5.82 Å². The Balaban J connectivity index is 0.000000314. The number of ether oxygens (including phenoxy) is 1. The SMILES string of the molecule is C1=COC=CC1.Fc1ccc(C2C=CC3=CCc4c(ccc5c4=CCCC=5)C3=C2)cc1Br. The molecule has 1 unspecified atom stereocenters. The van der Waals surface area contributed by atoms with Crippen molar-refractivity contribution >= 4 is 33.7 Å². The van der Waals surface area contributed by atoms with Gasteiger partial charge in [-0.05, 0) is 104 Å². The number of hydrogen-bond acceptors (Lipinski definition) is 1. The summed E-state index contributed by atoms with van der Waals surface area (Å²) in [6.07, 6.45) is 25.4. The Kier molecular flexibility index (Phi) is 6.09. The first-order valence-electron chi connectivity index (χ1n) is 11.0. The fourth-order valence-corrected chi connectivity index (χ4v) is 4.97. The highest BCUT2D eigenvalue weighted by atomic mass is 79.9. The summed E-state index contributed by atoms with van der Waals surface area (Å²) in [5.74, 6) is -0.0558. The summed E-state index contributed by atoms with van der Waals surface area (Å²) in [7, 11) is 0. The minimum Gasteiger partial charge on any atom is -0.473 e. The van der Waals surface area contributed by atoms with Crippen LogP contribution >= 0.6 is 15.9 Å². The van der Waals surface area contributed by atoms with Crippen molar-refractivity contribution in [3.8, 4) is 0 Å². The minimum absolute atomic E-state index is 0.163. The number of benzene rings is 2. The van der Waals surface area contributed by atoms with E-state index in [2.05, 4.69) is 64.5 Å². The lowest BCUT2D eigenvalue weighted by Gasteiger charge is -2.25. The Morgan fingerprint density at radius 1 is 0.969 bits per heavy atom. The fraction of sp³-hybridized carbons (Fsp3) is 0.172. The average molecular weight is 487 g/mol. The molecule has 1 aliphatic heterocycles. The molecule has 32 heavy (non-hydrogen) atoms. The highest BCUT2D eigenvalue weighted by Gasteiger charge is 2.22. The zero-order chi connectivity index (χ0) is 21.9. The van der Waals surface area contributed by atoms with Crippen LogP contribution in [-0.4, -0.2) is 0 Å². The maximum atomic E-state index is 13.6. The number of hydrogen-bond donors (Lipinski definition) is 0. The summed E-state index contributed by atoms with van der Waals surface area (Å²) < 4.78 is 18.8. The van der Waals surface area contributed by atoms with Crippen molar-refractivity contribution in [1.82, 2.24) is 0 Å². The van der Waals surface area contributed by atoms with E-state index in [1.165, 1.54) is 38.8 Å². The van der Waals surface area contributed by atoms with Gasteiger partial charge in [0.15, 0.2) is 0 Å². The predicted octanol–water partition coefficient (Wildman–Crippen LogP) is 6.60. The maximum Gasteiger partial charge on any atom is 0.137 e. The van der Waals surface area contributed by atoms with Gasteiger partial charge in [-0.1, -0.05) is 54.7 Å². The molecular weight excluding hydrogens is 463 g/mol. The van der Waals surface area contributed by atoms with E-state index in [9.17, 15) is 4.39 Å². The number of fused-ring (bicyclic) bond motifs is 5. The fourth-order valence-electron chi connectivity index (χ4n) is 4.58. The highest BCUT2D eigenvalue weighted by Crippen LogP contribution is 2.38. The molecule has 1 nitrogen and oxygen atoms in total. The molecule has 2 aromatic carbocycles. The molecule has 1 heterocycles. The van der Waals surface area contributed by atoms with Crippen molar-refractivity contribution in [2.45, 2.75) is 31.6 Å². The second-order valence-corrected chi connectivity index (χ2v) is 9.05. The monoisotopic (exact) mass is 486 g/mol. The zero-order valence-electron chi connectivity index (χ0n) is 17.7. The molecule has 6 rings (SSSR count). The van der Waals surface area contributed by atoms with Crippen LogP contribution in [0.4, 0.5) is 4.39 Å². The van der Waals surface area contributed by atoms with Crippen molar-refractivity contribution in [3.63, 3.8) is 0 Å². The normalized spacial score (nSPS) is 19.5. The first kappa shape index (κ1) is 21.0. The summed E-state index contributed by atoms with van der Waals surface area (Å²) in [4.78, 5) is 0. The number of rotatable bonds is 1. The number of halogens is 2. The lowest BCUT2D eigenvalue weighted by Crippen LogP contribution is -2.32. The van der Waals surface area contributed by atoms with E-state index in [1.807, 2.05) is 24.3 Å². The van der Waals surface area contributed by atoms with Gasteiger partial charge in [0.05, 0.1) is 17.0 Å². The molecule has 0 amide bonds. The van der Waals surface area contributed by atoms with Gasteiger partial charge in [0.1, 0.15) is 5.82 Å². The molecule has 3 heteroatoms. The molecule has 0 fully saturated rings. The van der Waals surface area contributed by atoms with Crippen LogP contribution in [0.1, 0.15) is 41.9 Å².